The van der Waals surface area contributed by atoms with Crippen molar-refractivity contribution in [3.8, 4) is 0 Å². The van der Waals surface area contributed by atoms with Gasteiger partial charge in [-0.2, -0.15) is 0 Å². The number of amides is 2. The third kappa shape index (κ3) is 3.14. The van der Waals surface area contributed by atoms with Crippen LogP contribution in [0.1, 0.15) is 32.6 Å². The van der Waals surface area contributed by atoms with Gasteiger partial charge < -0.3 is 20.7 Å². The lowest BCUT2D eigenvalue weighted by Gasteiger charge is -2.38. The van der Waals surface area contributed by atoms with E-state index < -0.39 is 0 Å². The fraction of sp³-hybridized carbons (Fsp3) is 0.923. The van der Waals surface area contributed by atoms with Crippen molar-refractivity contribution in [1.29, 1.82) is 0 Å². The molecule has 0 aromatic rings. The molecule has 1 heterocycles. The number of urea groups is 1. The monoisotopic (exact) mass is 255 g/mol. The van der Waals surface area contributed by atoms with Crippen LogP contribution in [-0.4, -0.2) is 49.3 Å². The number of nitrogens with two attached hydrogens (primary N) is 1. The van der Waals surface area contributed by atoms with Gasteiger partial charge >= 0.3 is 6.03 Å². The summed E-state index contributed by atoms with van der Waals surface area (Å²) in [6.45, 7) is 5.68. The van der Waals surface area contributed by atoms with Crippen LogP contribution in [0.2, 0.25) is 0 Å². The predicted octanol–water partition coefficient (Wildman–Crippen LogP) is 0.936. The Balaban J connectivity index is 1.75. The second-order valence-corrected chi connectivity index (χ2v) is 5.64. The lowest BCUT2D eigenvalue weighted by Crippen LogP contribution is -2.45. The van der Waals surface area contributed by atoms with E-state index in [0.29, 0.717) is 19.7 Å². The maximum Gasteiger partial charge on any atom is 0.317 e. The van der Waals surface area contributed by atoms with Gasteiger partial charge in [-0.1, -0.05) is 6.92 Å². The molecule has 104 valence electrons. The summed E-state index contributed by atoms with van der Waals surface area (Å²) in [4.78, 5) is 13.2. The van der Waals surface area contributed by atoms with Gasteiger partial charge in [0.25, 0.3) is 0 Å². The highest BCUT2D eigenvalue weighted by Gasteiger charge is 2.34. The molecule has 2 rings (SSSR count). The van der Waals surface area contributed by atoms with Crippen molar-refractivity contribution in [3.05, 3.63) is 0 Å². The highest BCUT2D eigenvalue weighted by molar-refractivity contribution is 5.76. The smallest absolute Gasteiger partial charge is 0.317 e. The summed E-state index contributed by atoms with van der Waals surface area (Å²) in [5.74, 6) is 0.789. The number of hydrogen-bond acceptors (Lipinski definition) is 3. The van der Waals surface area contributed by atoms with Crippen molar-refractivity contribution in [3.63, 3.8) is 0 Å². The first-order valence-corrected chi connectivity index (χ1v) is 7.02. The van der Waals surface area contributed by atoms with E-state index in [1.165, 1.54) is 12.8 Å². The Morgan fingerprint density at radius 3 is 2.78 bits per heavy atom. The first-order valence-electron chi connectivity index (χ1n) is 7.02. The van der Waals surface area contributed by atoms with Crippen LogP contribution in [0.25, 0.3) is 0 Å². The zero-order valence-corrected chi connectivity index (χ0v) is 11.3. The molecule has 0 unspecified atom stereocenters. The Morgan fingerprint density at radius 1 is 1.50 bits per heavy atom. The van der Waals surface area contributed by atoms with E-state index in [0.717, 1.165) is 31.8 Å². The number of nitrogens with zero attached hydrogens (tertiary/aromatic N) is 1. The zero-order valence-electron chi connectivity index (χ0n) is 11.3. The van der Waals surface area contributed by atoms with Crippen molar-refractivity contribution in [2.24, 2.45) is 11.7 Å². The molecule has 0 radical (unpaired) electrons. The molecule has 2 aliphatic rings. The van der Waals surface area contributed by atoms with Crippen molar-refractivity contribution >= 4 is 6.03 Å². The lowest BCUT2D eigenvalue weighted by molar-refractivity contribution is -0.0726. The molecule has 0 aromatic heterocycles. The van der Waals surface area contributed by atoms with Gasteiger partial charge in [-0.15, -0.1) is 0 Å². The van der Waals surface area contributed by atoms with E-state index in [2.05, 4.69) is 12.2 Å². The van der Waals surface area contributed by atoms with Crippen molar-refractivity contribution in [2.45, 2.75) is 38.2 Å². The number of carbonyl (C=O) groups excluding carboxylic acids is 1. The summed E-state index contributed by atoms with van der Waals surface area (Å²) in [6.07, 6.45) is 4.50. The predicted molar refractivity (Wildman–Crippen MR) is 70.3 cm³/mol. The van der Waals surface area contributed by atoms with E-state index in [9.17, 15) is 4.79 Å². The van der Waals surface area contributed by atoms with E-state index in [-0.39, 0.29) is 11.6 Å². The van der Waals surface area contributed by atoms with Crippen LogP contribution in [0.15, 0.2) is 0 Å². The molecule has 2 fully saturated rings. The Morgan fingerprint density at radius 2 is 2.22 bits per heavy atom. The molecule has 1 saturated carbocycles. The Labute approximate surface area is 109 Å². The summed E-state index contributed by atoms with van der Waals surface area (Å²) < 4.78 is 6.03. The van der Waals surface area contributed by atoms with Gasteiger partial charge in [-0.3, -0.25) is 0 Å². The number of carbonyl (C=O) groups is 1. The molecule has 18 heavy (non-hydrogen) atoms. The molecule has 2 amide bonds. The minimum atomic E-state index is -0.136. The maximum atomic E-state index is 11.4. The zero-order chi connectivity index (χ0) is 13.0. The summed E-state index contributed by atoms with van der Waals surface area (Å²) in [5.41, 5.74) is 5.75. The molecule has 0 atom stereocenters. The number of rotatable bonds is 5. The van der Waals surface area contributed by atoms with Crippen LogP contribution < -0.4 is 11.1 Å². The number of ether oxygens (including phenoxy) is 1. The molecule has 1 aliphatic heterocycles. The molecular weight excluding hydrogens is 230 g/mol. The van der Waals surface area contributed by atoms with Gasteiger partial charge in [0.2, 0.25) is 0 Å². The van der Waals surface area contributed by atoms with Crippen molar-refractivity contribution < 1.29 is 9.53 Å². The Kier molecular flexibility index (Phi) is 4.45. The third-order valence-electron chi connectivity index (χ3n) is 4.27. The summed E-state index contributed by atoms with van der Waals surface area (Å²) >= 11 is 0. The second-order valence-electron chi connectivity index (χ2n) is 5.64. The topological polar surface area (TPSA) is 67.6 Å². The van der Waals surface area contributed by atoms with Crippen LogP contribution in [0.3, 0.4) is 0 Å². The molecular formula is C13H25N3O2. The molecule has 5 heteroatoms. The summed E-state index contributed by atoms with van der Waals surface area (Å²) in [6, 6.07) is 0.0256. The molecule has 3 N–H and O–H groups in total. The summed E-state index contributed by atoms with van der Waals surface area (Å²) in [7, 11) is 0. The first kappa shape index (κ1) is 13.6. The SMILES string of the molecule is CC1CCC(CN)(OCCN2CCNC2=O)CC1. The van der Waals surface area contributed by atoms with E-state index >= 15 is 0 Å². The highest BCUT2D eigenvalue weighted by Crippen LogP contribution is 2.33. The van der Waals surface area contributed by atoms with E-state index in [1.54, 1.807) is 4.90 Å². The average molecular weight is 255 g/mol. The average Bonchev–Trinajstić information content (AvgIpc) is 2.78. The van der Waals surface area contributed by atoms with Gasteiger partial charge in [0.05, 0.1) is 12.2 Å². The van der Waals surface area contributed by atoms with Gasteiger partial charge in [0.1, 0.15) is 0 Å². The van der Waals surface area contributed by atoms with Gasteiger partial charge in [-0.05, 0) is 31.6 Å². The van der Waals surface area contributed by atoms with Crippen LogP contribution >= 0.6 is 0 Å². The largest absolute Gasteiger partial charge is 0.372 e. The highest BCUT2D eigenvalue weighted by atomic mass is 16.5. The normalized spacial score (nSPS) is 32.7. The van der Waals surface area contributed by atoms with Gasteiger partial charge in [0, 0.05) is 26.2 Å². The standard InChI is InChI=1S/C13H25N3O2/c1-11-2-4-13(10-14,5-3-11)18-9-8-16-7-6-15-12(16)17/h11H,2-10,14H2,1H3,(H,15,17). The molecule has 1 saturated heterocycles. The number of nitrogens with one attached hydrogen (secondary N) is 1. The van der Waals surface area contributed by atoms with Crippen molar-refractivity contribution in [2.75, 3.05) is 32.8 Å². The molecule has 0 spiro atoms. The summed E-state index contributed by atoms with van der Waals surface area (Å²) in [5, 5.41) is 2.79. The van der Waals surface area contributed by atoms with Crippen LogP contribution in [-0.2, 0) is 4.74 Å². The fourth-order valence-corrected chi connectivity index (χ4v) is 2.79. The molecule has 0 aromatic carbocycles. The first-order chi connectivity index (χ1) is 8.65. The van der Waals surface area contributed by atoms with Crippen LogP contribution in [0.4, 0.5) is 4.79 Å². The van der Waals surface area contributed by atoms with E-state index in [1.807, 2.05) is 0 Å². The van der Waals surface area contributed by atoms with Crippen LogP contribution in [0.5, 0.6) is 0 Å². The molecule has 0 bridgehead atoms. The third-order valence-corrected chi connectivity index (χ3v) is 4.27. The van der Waals surface area contributed by atoms with Crippen molar-refractivity contribution in [1.82, 2.24) is 10.2 Å². The Bertz CT molecular complexity index is 288. The fourth-order valence-electron chi connectivity index (χ4n) is 2.79. The van der Waals surface area contributed by atoms with E-state index in [4.69, 9.17) is 10.5 Å². The minimum Gasteiger partial charge on any atom is -0.372 e. The van der Waals surface area contributed by atoms with Gasteiger partial charge in [-0.25, -0.2) is 4.79 Å². The van der Waals surface area contributed by atoms with Crippen LogP contribution in [0, 0.1) is 5.92 Å². The minimum absolute atomic E-state index is 0.0256. The molecule has 5 nitrogen and oxygen atoms in total. The lowest BCUT2D eigenvalue weighted by atomic mass is 9.79. The Hall–Kier alpha value is -0.810. The molecule has 1 aliphatic carbocycles. The second kappa shape index (κ2) is 5.89. The number of hydrogen-bond donors (Lipinski definition) is 2. The quantitative estimate of drug-likeness (QED) is 0.768. The van der Waals surface area contributed by atoms with Gasteiger partial charge in [0.15, 0.2) is 0 Å². The maximum absolute atomic E-state index is 11.4.